The molecule has 8 nitrogen and oxygen atoms in total. The number of anilines is 1. The molecular weight excluding hydrogens is 500 g/mol. The molecule has 0 radical (unpaired) electrons. The number of allylic oxidation sites excluding steroid dienone is 1. The molecule has 0 bridgehead atoms. The van der Waals surface area contributed by atoms with E-state index in [1.165, 1.54) is 36.2 Å². The Labute approximate surface area is 233 Å². The highest BCUT2D eigenvalue weighted by molar-refractivity contribution is 6.10. The van der Waals surface area contributed by atoms with Gasteiger partial charge in [-0.25, -0.2) is 8.78 Å². The second kappa shape index (κ2) is 19.1. The zero-order chi connectivity index (χ0) is 29.2. The molecule has 3 heterocycles. The van der Waals surface area contributed by atoms with Crippen LogP contribution in [0.5, 0.6) is 0 Å². The molecule has 1 aromatic carbocycles. The summed E-state index contributed by atoms with van der Waals surface area (Å²) in [4.78, 5) is 16.3. The number of nitrogens with two attached hydrogens (primary N) is 1. The Bertz CT molecular complexity index is 957. The third-order valence-corrected chi connectivity index (χ3v) is 6.40. The van der Waals surface area contributed by atoms with Gasteiger partial charge in [0.1, 0.15) is 0 Å². The van der Waals surface area contributed by atoms with E-state index in [1.807, 2.05) is 32.8 Å². The maximum absolute atomic E-state index is 13.2. The van der Waals surface area contributed by atoms with Gasteiger partial charge in [-0.15, -0.1) is 0 Å². The average Bonchev–Trinajstić information content (AvgIpc) is 3.47. The minimum atomic E-state index is -2.54. The Kier molecular flexibility index (Phi) is 16.7. The number of alkyl halides is 2. The van der Waals surface area contributed by atoms with E-state index < -0.39 is 6.43 Å². The summed E-state index contributed by atoms with van der Waals surface area (Å²) in [5.41, 5.74) is 11.0. The van der Waals surface area contributed by atoms with Gasteiger partial charge in [-0.05, 0) is 75.7 Å². The van der Waals surface area contributed by atoms with E-state index in [1.54, 1.807) is 13.1 Å². The van der Waals surface area contributed by atoms with E-state index in [4.69, 9.17) is 5.73 Å². The minimum absolute atomic E-state index is 0.00949. The quantitative estimate of drug-likeness (QED) is 0.272. The maximum Gasteiger partial charge on any atom is 0.264 e. The van der Waals surface area contributed by atoms with Crippen LogP contribution < -0.4 is 27.0 Å². The molecule has 1 fully saturated rings. The molecule has 0 aromatic heterocycles. The van der Waals surface area contributed by atoms with E-state index >= 15 is 0 Å². The first-order valence-electron chi connectivity index (χ1n) is 13.8. The number of halogens is 2. The van der Waals surface area contributed by atoms with Crippen molar-refractivity contribution in [2.75, 3.05) is 59.2 Å². The number of rotatable bonds is 6. The number of aliphatic imine (C=N–C) groups is 1. The molecule has 1 unspecified atom stereocenters. The van der Waals surface area contributed by atoms with Crippen LogP contribution in [0.15, 0.2) is 34.6 Å². The number of fused-ring (bicyclic) bond motifs is 1. The molecule has 0 aliphatic carbocycles. The van der Waals surface area contributed by atoms with Gasteiger partial charge in [0.15, 0.2) is 0 Å². The molecule has 0 spiro atoms. The summed E-state index contributed by atoms with van der Waals surface area (Å²) in [5.74, 6) is 0. The number of benzene rings is 1. The number of amides is 1. The fourth-order valence-electron chi connectivity index (χ4n) is 4.56. The molecule has 10 heteroatoms. The summed E-state index contributed by atoms with van der Waals surface area (Å²) in [6, 6.07) is 3.91. The van der Waals surface area contributed by atoms with Gasteiger partial charge in [-0.1, -0.05) is 13.8 Å². The average molecular weight is 550 g/mol. The van der Waals surface area contributed by atoms with Crippen molar-refractivity contribution in [3.63, 3.8) is 0 Å². The van der Waals surface area contributed by atoms with Gasteiger partial charge in [0, 0.05) is 80.6 Å². The van der Waals surface area contributed by atoms with Crippen molar-refractivity contribution in [1.29, 1.82) is 0 Å². The van der Waals surface area contributed by atoms with Gasteiger partial charge >= 0.3 is 0 Å². The predicted octanol–water partition coefficient (Wildman–Crippen LogP) is 3.92. The standard InChI is InChI=1S/C14H17F2N3.C11H19N3O.C2H7N.C2H6/c1-18-8-10(7-17)11-5-9-3-2-4-19-13(9)6-12(11)14(15)16;1-9-7-14(8-15)5-3-11(9)13-10-2-4-12-6-10;1-3-2;1-2/h5-8,14,19H,2-4,17H2,1H3;8,10,12-13H,2-7H2,1H3;3H,1-2H3;1-2H3/b10-7+,18-8?;;;. The van der Waals surface area contributed by atoms with Gasteiger partial charge in [0.2, 0.25) is 6.41 Å². The maximum atomic E-state index is 13.2. The fraction of sp³-hybridized carbons (Fsp3) is 0.586. The third-order valence-electron chi connectivity index (χ3n) is 6.40. The largest absolute Gasteiger partial charge is 0.404 e. The molecule has 1 saturated heterocycles. The SMILES string of the molecule is CC.CC1=C(NC2CCNC2)CCN(C=O)C1.CN=C/C(=C\N)c1cc2c(cc1C(F)F)NCCC2.CNC. The first kappa shape index (κ1) is 34.0. The molecule has 39 heavy (non-hydrogen) atoms. The highest BCUT2D eigenvalue weighted by Gasteiger charge is 2.21. The molecule has 6 N–H and O–H groups in total. The van der Waals surface area contributed by atoms with E-state index in [2.05, 4.69) is 33.2 Å². The van der Waals surface area contributed by atoms with Crippen molar-refractivity contribution in [1.82, 2.24) is 20.9 Å². The van der Waals surface area contributed by atoms with Gasteiger partial charge in [-0.3, -0.25) is 9.79 Å². The Morgan fingerprint density at radius 3 is 2.49 bits per heavy atom. The molecule has 3 aliphatic rings. The third kappa shape index (κ3) is 11.0. The lowest BCUT2D eigenvalue weighted by molar-refractivity contribution is -0.118. The van der Waals surface area contributed by atoms with Crippen LogP contribution in [0.2, 0.25) is 0 Å². The summed E-state index contributed by atoms with van der Waals surface area (Å²) in [6.45, 7) is 10.7. The lowest BCUT2D eigenvalue weighted by atomic mass is 9.93. The number of carbonyl (C=O) groups is 1. The second-order valence-electron chi connectivity index (χ2n) is 9.36. The second-order valence-corrected chi connectivity index (χ2v) is 9.36. The van der Waals surface area contributed by atoms with Crippen molar-refractivity contribution in [3.8, 4) is 0 Å². The predicted molar refractivity (Wildman–Crippen MR) is 160 cm³/mol. The Morgan fingerprint density at radius 2 is 1.95 bits per heavy atom. The van der Waals surface area contributed by atoms with E-state index in [9.17, 15) is 13.6 Å². The fourth-order valence-corrected chi connectivity index (χ4v) is 4.56. The lowest BCUT2D eigenvalue weighted by Gasteiger charge is -2.28. The van der Waals surface area contributed by atoms with Crippen molar-refractivity contribution in [2.24, 2.45) is 10.7 Å². The number of nitrogens with zero attached hydrogens (tertiary/aromatic N) is 2. The van der Waals surface area contributed by atoms with Crippen molar-refractivity contribution < 1.29 is 13.6 Å². The number of aryl methyl sites for hydroxylation is 1. The van der Waals surface area contributed by atoms with Gasteiger partial charge in [0.05, 0.1) is 0 Å². The molecular formula is C29H49F2N7O. The first-order chi connectivity index (χ1) is 18.9. The van der Waals surface area contributed by atoms with E-state index in [0.29, 0.717) is 17.2 Å². The Hall–Kier alpha value is -2.98. The highest BCUT2D eigenvalue weighted by Crippen LogP contribution is 2.34. The molecule has 1 aromatic rings. The van der Waals surface area contributed by atoms with Gasteiger partial charge < -0.3 is 31.9 Å². The smallest absolute Gasteiger partial charge is 0.264 e. The summed E-state index contributed by atoms with van der Waals surface area (Å²) < 4.78 is 26.4. The normalized spacial score (nSPS) is 18.6. The van der Waals surface area contributed by atoms with Crippen molar-refractivity contribution in [3.05, 3.63) is 46.3 Å². The Morgan fingerprint density at radius 1 is 1.23 bits per heavy atom. The molecule has 4 rings (SSSR count). The van der Waals surface area contributed by atoms with Crippen molar-refractivity contribution in [2.45, 2.75) is 58.9 Å². The van der Waals surface area contributed by atoms with E-state index in [0.717, 1.165) is 69.6 Å². The highest BCUT2D eigenvalue weighted by atomic mass is 19.3. The number of carbonyl (C=O) groups excluding carboxylic acids is 1. The molecule has 220 valence electrons. The summed E-state index contributed by atoms with van der Waals surface area (Å²) in [5, 5.41) is 12.8. The summed E-state index contributed by atoms with van der Waals surface area (Å²) in [6.07, 6.45) is 5.29. The molecule has 0 saturated carbocycles. The monoisotopic (exact) mass is 549 g/mol. The minimum Gasteiger partial charge on any atom is -0.404 e. The van der Waals surface area contributed by atoms with Crippen molar-refractivity contribution >= 4 is 23.9 Å². The molecule has 1 atom stereocenters. The zero-order valence-electron chi connectivity index (χ0n) is 24.5. The van der Waals surface area contributed by atoms with Crippen LogP contribution >= 0.6 is 0 Å². The summed E-state index contributed by atoms with van der Waals surface area (Å²) in [7, 11) is 5.34. The van der Waals surface area contributed by atoms with Crippen LogP contribution in [-0.2, 0) is 11.2 Å². The Balaban J connectivity index is 0.000000341. The number of hydrogen-bond acceptors (Lipinski definition) is 7. The van der Waals surface area contributed by atoms with Crippen LogP contribution in [0.25, 0.3) is 5.57 Å². The van der Waals surface area contributed by atoms with Crippen LogP contribution in [0.4, 0.5) is 14.5 Å². The molecule has 1 amide bonds. The van der Waals surface area contributed by atoms with Crippen LogP contribution in [0.3, 0.4) is 0 Å². The number of hydrogen-bond donors (Lipinski definition) is 5. The number of nitrogens with one attached hydrogen (secondary N) is 4. The zero-order valence-corrected chi connectivity index (χ0v) is 24.5. The van der Waals surface area contributed by atoms with Gasteiger partial charge in [-0.2, -0.15) is 0 Å². The first-order valence-corrected chi connectivity index (χ1v) is 13.8. The van der Waals surface area contributed by atoms with Crippen LogP contribution in [0, 0.1) is 0 Å². The lowest BCUT2D eigenvalue weighted by Crippen LogP contribution is -2.37. The summed E-state index contributed by atoms with van der Waals surface area (Å²) >= 11 is 0. The van der Waals surface area contributed by atoms with Crippen LogP contribution in [-0.4, -0.2) is 77.4 Å². The van der Waals surface area contributed by atoms with E-state index in [-0.39, 0.29) is 5.56 Å². The molecule has 3 aliphatic heterocycles. The van der Waals surface area contributed by atoms with Gasteiger partial charge in [0.25, 0.3) is 6.43 Å². The topological polar surface area (TPSA) is 107 Å². The van der Waals surface area contributed by atoms with Crippen LogP contribution in [0.1, 0.15) is 63.1 Å².